The number of benzene rings is 2. The molecule has 2 aromatic carbocycles. The zero-order valence-corrected chi connectivity index (χ0v) is 14.7. The van der Waals surface area contributed by atoms with E-state index >= 15 is 0 Å². The van der Waals surface area contributed by atoms with Crippen molar-refractivity contribution in [1.82, 2.24) is 0 Å². The minimum Gasteiger partial charge on any atom is -0.481 e. The van der Waals surface area contributed by atoms with Gasteiger partial charge in [-0.1, -0.05) is 63.1 Å². The highest BCUT2D eigenvalue weighted by Crippen LogP contribution is 2.40. The van der Waals surface area contributed by atoms with Crippen LogP contribution in [0.3, 0.4) is 0 Å². The molecule has 0 fully saturated rings. The van der Waals surface area contributed by atoms with E-state index in [1.807, 2.05) is 24.3 Å². The standard InChI is InChI=1S/C17H14O4.C4H10/c18-16(19)8-9-17(20)21-15-7-3-6-13-12-5-2-1-4-11(12)10-14(13)15;1-3-4-2/h1-7H,8-10H2,(H,18,19);3-4H2,1-2H3. The van der Waals surface area contributed by atoms with Crippen molar-refractivity contribution in [2.24, 2.45) is 0 Å². The molecular weight excluding hydrogens is 316 g/mol. The minimum atomic E-state index is -1.00. The number of rotatable bonds is 5. The van der Waals surface area contributed by atoms with Gasteiger partial charge in [-0.05, 0) is 22.8 Å². The predicted octanol–water partition coefficient (Wildman–Crippen LogP) is 4.83. The third-order valence-corrected chi connectivity index (χ3v) is 4.07. The average Bonchev–Trinajstić information content (AvgIpc) is 3.00. The lowest BCUT2D eigenvalue weighted by atomic mass is 10.1. The summed E-state index contributed by atoms with van der Waals surface area (Å²) in [6.07, 6.45) is 3.04. The van der Waals surface area contributed by atoms with E-state index in [0.29, 0.717) is 5.75 Å². The molecule has 0 amide bonds. The Morgan fingerprint density at radius 3 is 2.32 bits per heavy atom. The lowest BCUT2D eigenvalue weighted by molar-refractivity contribution is -0.142. The Morgan fingerprint density at radius 1 is 0.960 bits per heavy atom. The third kappa shape index (κ3) is 4.92. The van der Waals surface area contributed by atoms with Crippen molar-refractivity contribution in [2.75, 3.05) is 0 Å². The van der Waals surface area contributed by atoms with Crippen LogP contribution in [0.5, 0.6) is 5.75 Å². The van der Waals surface area contributed by atoms with Crippen molar-refractivity contribution >= 4 is 11.9 Å². The summed E-state index contributed by atoms with van der Waals surface area (Å²) in [5.41, 5.74) is 4.44. The van der Waals surface area contributed by atoms with E-state index in [2.05, 4.69) is 26.0 Å². The van der Waals surface area contributed by atoms with Crippen LogP contribution in [-0.2, 0) is 16.0 Å². The number of fused-ring (bicyclic) bond motifs is 3. The molecular formula is C21H24O4. The second-order valence-electron chi connectivity index (χ2n) is 5.98. The Bertz CT molecular complexity index is 747. The number of esters is 1. The van der Waals surface area contributed by atoms with E-state index in [1.54, 1.807) is 6.07 Å². The summed E-state index contributed by atoms with van der Waals surface area (Å²) in [6.45, 7) is 4.36. The molecule has 25 heavy (non-hydrogen) atoms. The molecule has 0 radical (unpaired) electrons. The molecule has 4 heteroatoms. The highest BCUT2D eigenvalue weighted by atomic mass is 16.5. The van der Waals surface area contributed by atoms with Gasteiger partial charge < -0.3 is 9.84 Å². The molecule has 1 aliphatic rings. The third-order valence-electron chi connectivity index (χ3n) is 4.07. The van der Waals surface area contributed by atoms with Crippen LogP contribution in [0.1, 0.15) is 50.7 Å². The van der Waals surface area contributed by atoms with E-state index in [0.717, 1.165) is 23.1 Å². The molecule has 4 nitrogen and oxygen atoms in total. The molecule has 0 atom stereocenters. The largest absolute Gasteiger partial charge is 0.481 e. The van der Waals surface area contributed by atoms with Crippen molar-refractivity contribution in [3.8, 4) is 16.9 Å². The SMILES string of the molecule is CCCC.O=C(O)CCC(=O)Oc1cccc2c1Cc1ccccc1-2. The summed E-state index contributed by atoms with van der Waals surface area (Å²) >= 11 is 0. The minimum absolute atomic E-state index is 0.119. The maximum absolute atomic E-state index is 11.7. The van der Waals surface area contributed by atoms with Crippen LogP contribution in [0.25, 0.3) is 11.1 Å². The molecule has 0 spiro atoms. The first-order chi connectivity index (χ1) is 12.1. The zero-order chi connectivity index (χ0) is 18.2. The van der Waals surface area contributed by atoms with E-state index in [-0.39, 0.29) is 12.8 Å². The number of aliphatic carboxylic acids is 1. The fraction of sp³-hybridized carbons (Fsp3) is 0.333. The first kappa shape index (κ1) is 18.7. The zero-order valence-electron chi connectivity index (χ0n) is 14.7. The Kier molecular flexibility index (Phi) is 6.75. The van der Waals surface area contributed by atoms with Gasteiger partial charge in [-0.2, -0.15) is 0 Å². The van der Waals surface area contributed by atoms with Gasteiger partial charge in [-0.25, -0.2) is 0 Å². The first-order valence-corrected chi connectivity index (χ1v) is 8.69. The molecule has 0 saturated carbocycles. The van der Waals surface area contributed by atoms with E-state index < -0.39 is 11.9 Å². The molecule has 132 valence electrons. The van der Waals surface area contributed by atoms with Gasteiger partial charge >= 0.3 is 11.9 Å². The summed E-state index contributed by atoms with van der Waals surface area (Å²) in [5.74, 6) is -0.988. The van der Waals surface area contributed by atoms with Gasteiger partial charge in [-0.3, -0.25) is 9.59 Å². The quantitative estimate of drug-likeness (QED) is 0.533. The second-order valence-corrected chi connectivity index (χ2v) is 5.98. The Morgan fingerprint density at radius 2 is 1.64 bits per heavy atom. The van der Waals surface area contributed by atoms with Gasteiger partial charge in [0.15, 0.2) is 0 Å². The van der Waals surface area contributed by atoms with Crippen LogP contribution in [0, 0.1) is 0 Å². The summed E-state index contributed by atoms with van der Waals surface area (Å²) in [5, 5.41) is 8.59. The van der Waals surface area contributed by atoms with Crippen LogP contribution < -0.4 is 4.74 Å². The van der Waals surface area contributed by atoms with Crippen molar-refractivity contribution in [1.29, 1.82) is 0 Å². The number of unbranched alkanes of at least 4 members (excludes halogenated alkanes) is 1. The molecule has 0 aliphatic heterocycles. The molecule has 0 saturated heterocycles. The average molecular weight is 340 g/mol. The molecule has 0 heterocycles. The maximum atomic E-state index is 11.7. The van der Waals surface area contributed by atoms with Crippen LogP contribution in [0.4, 0.5) is 0 Å². The fourth-order valence-electron chi connectivity index (χ4n) is 2.61. The number of carbonyl (C=O) groups excluding carboxylic acids is 1. The maximum Gasteiger partial charge on any atom is 0.311 e. The van der Waals surface area contributed by atoms with Gasteiger partial charge in [0.25, 0.3) is 0 Å². The second kappa shape index (κ2) is 9.02. The number of hydrogen-bond acceptors (Lipinski definition) is 3. The normalized spacial score (nSPS) is 11.0. The van der Waals surface area contributed by atoms with Gasteiger partial charge in [0.2, 0.25) is 0 Å². The van der Waals surface area contributed by atoms with Crippen LogP contribution in [0.2, 0.25) is 0 Å². The molecule has 1 aliphatic carbocycles. The van der Waals surface area contributed by atoms with Gasteiger partial charge in [0.1, 0.15) is 5.75 Å². The Hall–Kier alpha value is -2.62. The van der Waals surface area contributed by atoms with Crippen LogP contribution >= 0.6 is 0 Å². The first-order valence-electron chi connectivity index (χ1n) is 8.69. The monoisotopic (exact) mass is 340 g/mol. The summed E-state index contributed by atoms with van der Waals surface area (Å²) in [6, 6.07) is 13.7. The number of carboxylic acids is 1. The fourth-order valence-corrected chi connectivity index (χ4v) is 2.61. The number of hydrogen-bond donors (Lipinski definition) is 1. The van der Waals surface area contributed by atoms with E-state index in [1.165, 1.54) is 18.4 Å². The Balaban J connectivity index is 0.000000511. The summed E-state index contributed by atoms with van der Waals surface area (Å²) in [7, 11) is 0. The molecule has 1 N–H and O–H groups in total. The Labute approximate surface area is 148 Å². The van der Waals surface area contributed by atoms with Crippen molar-refractivity contribution in [3.63, 3.8) is 0 Å². The molecule has 0 bridgehead atoms. The number of ether oxygens (including phenoxy) is 1. The molecule has 2 aromatic rings. The summed E-state index contributed by atoms with van der Waals surface area (Å²) in [4.78, 5) is 22.2. The van der Waals surface area contributed by atoms with Crippen molar-refractivity contribution < 1.29 is 19.4 Å². The van der Waals surface area contributed by atoms with Gasteiger partial charge in [-0.15, -0.1) is 0 Å². The molecule has 0 unspecified atom stereocenters. The highest BCUT2D eigenvalue weighted by Gasteiger charge is 2.22. The topological polar surface area (TPSA) is 63.6 Å². The number of carbonyl (C=O) groups is 2. The van der Waals surface area contributed by atoms with Crippen molar-refractivity contribution in [3.05, 3.63) is 53.6 Å². The predicted molar refractivity (Wildman–Crippen MR) is 97.8 cm³/mol. The van der Waals surface area contributed by atoms with Gasteiger partial charge in [0.05, 0.1) is 12.8 Å². The molecule has 3 rings (SSSR count). The van der Waals surface area contributed by atoms with E-state index in [4.69, 9.17) is 9.84 Å². The number of carboxylic acid groups (broad SMARTS) is 1. The smallest absolute Gasteiger partial charge is 0.311 e. The van der Waals surface area contributed by atoms with Crippen LogP contribution in [0.15, 0.2) is 42.5 Å². The molecule has 0 aromatic heterocycles. The summed E-state index contributed by atoms with van der Waals surface area (Å²) < 4.78 is 5.34. The lowest BCUT2D eigenvalue weighted by Crippen LogP contribution is -2.11. The highest BCUT2D eigenvalue weighted by molar-refractivity contribution is 5.82. The lowest BCUT2D eigenvalue weighted by Gasteiger charge is -2.08. The van der Waals surface area contributed by atoms with Crippen molar-refractivity contribution in [2.45, 2.75) is 46.0 Å². The van der Waals surface area contributed by atoms with Gasteiger partial charge in [0, 0.05) is 12.0 Å². The van der Waals surface area contributed by atoms with E-state index in [9.17, 15) is 9.59 Å². The van der Waals surface area contributed by atoms with Crippen LogP contribution in [-0.4, -0.2) is 17.0 Å².